The van der Waals surface area contributed by atoms with Crippen molar-refractivity contribution in [3.05, 3.63) is 55.2 Å². The maximum absolute atomic E-state index is 12.8. The molecule has 1 aromatic heterocycles. The minimum atomic E-state index is -0.674. The first-order valence-electron chi connectivity index (χ1n) is 8.73. The number of aryl methyl sites for hydroxylation is 2. The van der Waals surface area contributed by atoms with Crippen molar-refractivity contribution in [3.63, 3.8) is 0 Å². The van der Waals surface area contributed by atoms with Crippen LogP contribution in [0.3, 0.4) is 0 Å². The molecule has 2 atom stereocenters. The Morgan fingerprint density at radius 3 is 2.22 bits per heavy atom. The van der Waals surface area contributed by atoms with Crippen LogP contribution in [-0.2, 0) is 4.79 Å². The Morgan fingerprint density at radius 1 is 1.04 bits per heavy atom. The van der Waals surface area contributed by atoms with Gasteiger partial charge in [-0.15, -0.1) is 11.3 Å². The molecule has 0 aliphatic carbocycles. The average Bonchev–Trinajstić information content (AvgIpc) is 2.90. The van der Waals surface area contributed by atoms with E-state index >= 15 is 0 Å². The van der Waals surface area contributed by atoms with Crippen molar-refractivity contribution in [2.45, 2.75) is 46.7 Å². The third-order valence-electron chi connectivity index (χ3n) is 4.32. The van der Waals surface area contributed by atoms with Crippen LogP contribution in [0.2, 0.25) is 10.0 Å². The Kier molecular flexibility index (Phi) is 7.32. The third-order valence-corrected chi connectivity index (χ3v) is 5.85. The molecule has 0 saturated carbocycles. The standard InChI is InChI=1S/C20H24Cl2N2O2S/c1-10(2)18(24-19(25)15-7-6-14(21)9-17(15)22)20(26)23-12(4)16-8-11(3)27-13(16)5/h6-10,12,18H,1-5H3,(H,23,26)(H,24,25). The summed E-state index contributed by atoms with van der Waals surface area (Å²) in [6.45, 7) is 9.81. The monoisotopic (exact) mass is 426 g/mol. The first kappa shape index (κ1) is 21.7. The average molecular weight is 427 g/mol. The summed E-state index contributed by atoms with van der Waals surface area (Å²) < 4.78 is 0. The van der Waals surface area contributed by atoms with Crippen LogP contribution in [0.1, 0.15) is 52.5 Å². The Bertz CT molecular complexity index is 849. The fraction of sp³-hybridized carbons (Fsp3) is 0.400. The molecule has 2 rings (SSSR count). The highest BCUT2D eigenvalue weighted by atomic mass is 35.5. The van der Waals surface area contributed by atoms with Gasteiger partial charge in [0.2, 0.25) is 5.91 Å². The van der Waals surface area contributed by atoms with Gasteiger partial charge in [-0.2, -0.15) is 0 Å². The number of rotatable bonds is 6. The molecule has 1 aromatic carbocycles. The van der Waals surface area contributed by atoms with Crippen LogP contribution in [-0.4, -0.2) is 17.9 Å². The summed E-state index contributed by atoms with van der Waals surface area (Å²) in [7, 11) is 0. The SMILES string of the molecule is Cc1cc(C(C)NC(=O)C(NC(=O)c2ccc(Cl)cc2Cl)C(C)C)c(C)s1. The van der Waals surface area contributed by atoms with Crippen molar-refractivity contribution >= 4 is 46.4 Å². The Morgan fingerprint density at radius 2 is 1.70 bits per heavy atom. The highest BCUT2D eigenvalue weighted by molar-refractivity contribution is 7.12. The molecule has 1 heterocycles. The number of hydrogen-bond acceptors (Lipinski definition) is 3. The van der Waals surface area contributed by atoms with Gasteiger partial charge >= 0.3 is 0 Å². The summed E-state index contributed by atoms with van der Waals surface area (Å²) in [6.07, 6.45) is 0. The smallest absolute Gasteiger partial charge is 0.253 e. The lowest BCUT2D eigenvalue weighted by Gasteiger charge is -2.24. The number of carbonyl (C=O) groups excluding carboxylic acids is 2. The summed E-state index contributed by atoms with van der Waals surface area (Å²) in [4.78, 5) is 27.8. The number of halogens is 2. The van der Waals surface area contributed by atoms with E-state index in [0.29, 0.717) is 5.02 Å². The minimum Gasteiger partial charge on any atom is -0.348 e. The molecular formula is C20H24Cl2N2O2S. The molecule has 2 N–H and O–H groups in total. The highest BCUT2D eigenvalue weighted by Gasteiger charge is 2.27. The predicted octanol–water partition coefficient (Wildman–Crippen LogP) is 5.30. The van der Waals surface area contributed by atoms with E-state index in [0.717, 1.165) is 5.56 Å². The Balaban J connectivity index is 2.12. The maximum atomic E-state index is 12.8. The summed E-state index contributed by atoms with van der Waals surface area (Å²) in [6, 6.07) is 5.92. The molecule has 27 heavy (non-hydrogen) atoms. The van der Waals surface area contributed by atoms with E-state index in [1.807, 2.05) is 34.6 Å². The van der Waals surface area contributed by atoms with E-state index in [4.69, 9.17) is 23.2 Å². The largest absolute Gasteiger partial charge is 0.348 e. The lowest BCUT2D eigenvalue weighted by molar-refractivity contribution is -0.124. The zero-order chi connectivity index (χ0) is 20.3. The molecule has 0 aliphatic heterocycles. The molecule has 0 radical (unpaired) electrons. The normalized spacial score (nSPS) is 13.3. The van der Waals surface area contributed by atoms with Crippen LogP contribution < -0.4 is 10.6 Å². The molecule has 0 fully saturated rings. The van der Waals surface area contributed by atoms with E-state index in [-0.39, 0.29) is 28.5 Å². The lowest BCUT2D eigenvalue weighted by atomic mass is 10.0. The number of hydrogen-bond donors (Lipinski definition) is 2. The van der Waals surface area contributed by atoms with E-state index in [9.17, 15) is 9.59 Å². The van der Waals surface area contributed by atoms with Crippen molar-refractivity contribution in [2.24, 2.45) is 5.92 Å². The van der Waals surface area contributed by atoms with Crippen LogP contribution in [0.25, 0.3) is 0 Å². The van der Waals surface area contributed by atoms with Gasteiger partial charge in [0.25, 0.3) is 5.91 Å². The summed E-state index contributed by atoms with van der Waals surface area (Å²) >= 11 is 13.7. The van der Waals surface area contributed by atoms with Crippen LogP contribution in [0.5, 0.6) is 0 Å². The van der Waals surface area contributed by atoms with Gasteiger partial charge in [0.05, 0.1) is 16.6 Å². The second kappa shape index (κ2) is 9.09. The number of benzene rings is 1. The molecule has 7 heteroatoms. The highest BCUT2D eigenvalue weighted by Crippen LogP contribution is 2.26. The second-order valence-corrected chi connectivity index (χ2v) is 9.22. The summed E-state index contributed by atoms with van der Waals surface area (Å²) in [5.41, 5.74) is 1.39. The Hall–Kier alpha value is -1.56. The van der Waals surface area contributed by atoms with E-state index < -0.39 is 11.9 Å². The predicted molar refractivity (Wildman–Crippen MR) is 113 cm³/mol. The van der Waals surface area contributed by atoms with Gasteiger partial charge in [-0.25, -0.2) is 0 Å². The first-order chi connectivity index (χ1) is 12.6. The van der Waals surface area contributed by atoms with Gasteiger partial charge in [-0.05, 0) is 56.5 Å². The molecule has 0 aliphatic rings. The molecule has 2 unspecified atom stereocenters. The second-order valence-electron chi connectivity index (χ2n) is 6.92. The molecule has 0 saturated heterocycles. The lowest BCUT2D eigenvalue weighted by Crippen LogP contribution is -2.50. The van der Waals surface area contributed by atoms with Gasteiger partial charge in [0.15, 0.2) is 0 Å². The molecule has 0 spiro atoms. The summed E-state index contributed by atoms with van der Waals surface area (Å²) in [5, 5.41) is 6.50. The van der Waals surface area contributed by atoms with Gasteiger partial charge < -0.3 is 10.6 Å². The zero-order valence-corrected chi connectivity index (χ0v) is 18.4. The van der Waals surface area contributed by atoms with Crippen molar-refractivity contribution in [3.8, 4) is 0 Å². The zero-order valence-electron chi connectivity index (χ0n) is 16.0. The first-order valence-corrected chi connectivity index (χ1v) is 10.3. The van der Waals surface area contributed by atoms with Crippen LogP contribution in [0.4, 0.5) is 0 Å². The Labute approximate surface area is 174 Å². The van der Waals surface area contributed by atoms with E-state index in [2.05, 4.69) is 16.7 Å². The van der Waals surface area contributed by atoms with Crippen molar-refractivity contribution in [1.82, 2.24) is 10.6 Å². The third kappa shape index (κ3) is 5.47. The quantitative estimate of drug-likeness (QED) is 0.657. The fourth-order valence-corrected chi connectivity index (χ4v) is 4.41. The van der Waals surface area contributed by atoms with E-state index in [1.165, 1.54) is 15.8 Å². The maximum Gasteiger partial charge on any atom is 0.253 e. The van der Waals surface area contributed by atoms with Gasteiger partial charge in [0, 0.05) is 14.8 Å². The molecule has 2 amide bonds. The molecular weight excluding hydrogens is 403 g/mol. The molecule has 146 valence electrons. The number of nitrogens with one attached hydrogen (secondary N) is 2. The van der Waals surface area contributed by atoms with Gasteiger partial charge in [-0.1, -0.05) is 37.0 Å². The number of thiophene rings is 1. The van der Waals surface area contributed by atoms with Gasteiger partial charge in [0.1, 0.15) is 6.04 Å². The van der Waals surface area contributed by atoms with Crippen LogP contribution >= 0.6 is 34.5 Å². The fourth-order valence-electron chi connectivity index (χ4n) is 2.89. The number of amides is 2. The molecule has 4 nitrogen and oxygen atoms in total. The molecule has 2 aromatic rings. The minimum absolute atomic E-state index is 0.0856. The van der Waals surface area contributed by atoms with Crippen LogP contribution in [0.15, 0.2) is 24.3 Å². The van der Waals surface area contributed by atoms with Crippen LogP contribution in [0, 0.1) is 19.8 Å². The van der Waals surface area contributed by atoms with E-state index in [1.54, 1.807) is 23.5 Å². The summed E-state index contributed by atoms with van der Waals surface area (Å²) in [5.74, 6) is -0.711. The van der Waals surface area contributed by atoms with Crippen molar-refractivity contribution < 1.29 is 9.59 Å². The van der Waals surface area contributed by atoms with Crippen molar-refractivity contribution in [2.75, 3.05) is 0 Å². The topological polar surface area (TPSA) is 58.2 Å². The number of carbonyl (C=O) groups is 2. The van der Waals surface area contributed by atoms with Crippen molar-refractivity contribution in [1.29, 1.82) is 0 Å². The van der Waals surface area contributed by atoms with Gasteiger partial charge in [-0.3, -0.25) is 9.59 Å². The molecule has 0 bridgehead atoms.